The minimum absolute atomic E-state index is 0.264. The minimum atomic E-state index is -4.43. The number of halogens is 4. The molecule has 13 heteroatoms. The maximum absolute atomic E-state index is 13.2. The first-order valence-corrected chi connectivity index (χ1v) is 15.0. The Morgan fingerprint density at radius 2 is 1.68 bits per heavy atom. The molecular formula is C28H26ClF3N4O4S. The second-order valence-electron chi connectivity index (χ2n) is 9.96. The highest BCUT2D eigenvalue weighted by Gasteiger charge is 2.33. The monoisotopic (exact) mass is 606 g/mol. The van der Waals surface area contributed by atoms with Crippen LogP contribution in [-0.2, 0) is 26.6 Å². The average Bonchev–Trinajstić information content (AvgIpc) is 2.92. The summed E-state index contributed by atoms with van der Waals surface area (Å²) in [6.07, 6.45) is -4.43. The summed E-state index contributed by atoms with van der Waals surface area (Å²) in [4.78, 5) is 29.3. The highest BCUT2D eigenvalue weighted by Crippen LogP contribution is 2.32. The van der Waals surface area contributed by atoms with Crippen molar-refractivity contribution in [2.45, 2.75) is 18.0 Å². The fraction of sp³-hybridized carbons (Fsp3) is 0.286. The van der Waals surface area contributed by atoms with Gasteiger partial charge in [-0.3, -0.25) is 9.59 Å². The van der Waals surface area contributed by atoms with Crippen LogP contribution in [0.1, 0.15) is 21.5 Å². The zero-order chi connectivity index (χ0) is 29.4. The summed E-state index contributed by atoms with van der Waals surface area (Å²) >= 11 is 5.95. The summed E-state index contributed by atoms with van der Waals surface area (Å²) in [5, 5.41) is 6.07. The lowest BCUT2D eigenvalue weighted by atomic mass is 10.1. The normalized spacial score (nSPS) is 17.5. The zero-order valence-corrected chi connectivity index (χ0v) is 23.2. The second-order valence-corrected chi connectivity index (χ2v) is 12.5. The predicted molar refractivity (Wildman–Crippen MR) is 151 cm³/mol. The number of amides is 2. The average molecular weight is 607 g/mol. The highest BCUT2D eigenvalue weighted by molar-refractivity contribution is 7.90. The molecule has 0 spiro atoms. The third kappa shape index (κ3) is 6.76. The molecule has 3 aromatic carbocycles. The lowest BCUT2D eigenvalue weighted by molar-refractivity contribution is -0.137. The van der Waals surface area contributed by atoms with Crippen molar-refractivity contribution >= 4 is 50.3 Å². The molecule has 1 saturated heterocycles. The van der Waals surface area contributed by atoms with Gasteiger partial charge < -0.3 is 20.4 Å². The van der Waals surface area contributed by atoms with Gasteiger partial charge >= 0.3 is 6.18 Å². The van der Waals surface area contributed by atoms with Gasteiger partial charge in [0.15, 0.2) is 9.84 Å². The lowest BCUT2D eigenvalue weighted by Gasteiger charge is -2.36. The number of alkyl halides is 3. The molecule has 1 atom stereocenters. The summed E-state index contributed by atoms with van der Waals surface area (Å²) in [6, 6.07) is 15.3. The van der Waals surface area contributed by atoms with Crippen molar-refractivity contribution in [2.75, 3.05) is 47.5 Å². The Morgan fingerprint density at radius 1 is 0.951 bits per heavy atom. The summed E-state index contributed by atoms with van der Waals surface area (Å²) in [6.45, 7) is 1.34. The maximum atomic E-state index is 13.2. The van der Waals surface area contributed by atoms with Crippen LogP contribution >= 0.6 is 11.6 Å². The molecule has 0 aromatic heterocycles. The molecule has 8 nitrogen and oxygen atoms in total. The number of benzene rings is 3. The van der Waals surface area contributed by atoms with E-state index >= 15 is 0 Å². The van der Waals surface area contributed by atoms with Crippen LogP contribution < -0.4 is 15.5 Å². The van der Waals surface area contributed by atoms with Crippen LogP contribution in [0.2, 0.25) is 5.02 Å². The molecule has 216 valence electrons. The Kier molecular flexibility index (Phi) is 7.89. The van der Waals surface area contributed by atoms with E-state index in [0.717, 1.165) is 12.1 Å². The number of anilines is 3. The SMILES string of the molecule is O=C1Nc2cc(C(=O)N3CCN(c4cccc(C(F)(F)F)c4)CC3)ccc2N[C@H]1CS(=O)(=O)Cc1cccc(Cl)c1. The molecule has 2 N–H and O–H groups in total. The number of hydrogen-bond acceptors (Lipinski definition) is 6. The number of sulfone groups is 1. The first-order valence-electron chi connectivity index (χ1n) is 12.8. The van der Waals surface area contributed by atoms with Crippen LogP contribution in [-0.4, -0.2) is 63.1 Å². The van der Waals surface area contributed by atoms with Gasteiger partial charge in [-0.2, -0.15) is 13.2 Å². The van der Waals surface area contributed by atoms with Gasteiger partial charge in [-0.05, 0) is 54.1 Å². The topological polar surface area (TPSA) is 98.8 Å². The number of rotatable bonds is 6. The molecule has 1 fully saturated rings. The van der Waals surface area contributed by atoms with Crippen LogP contribution in [0.4, 0.5) is 30.2 Å². The smallest absolute Gasteiger partial charge is 0.371 e. The Balaban J connectivity index is 1.21. The van der Waals surface area contributed by atoms with Gasteiger partial charge in [-0.15, -0.1) is 0 Å². The standard InChI is InChI=1S/C28H26ClF3N4O4S/c29-21-5-1-3-18(13-21)16-41(39,40)17-25-26(37)34-24-14-19(7-8-23(24)33-25)27(38)36-11-9-35(10-12-36)22-6-2-4-20(15-22)28(30,31)32/h1-8,13-15,25,33H,9-12,16-17H2,(H,34,37)/t25-/m0/s1. The van der Waals surface area contributed by atoms with Gasteiger partial charge in [0.2, 0.25) is 5.91 Å². The Bertz CT molecular complexity index is 1590. The number of piperazine rings is 1. The van der Waals surface area contributed by atoms with Crippen molar-refractivity contribution in [3.63, 3.8) is 0 Å². The molecule has 3 aromatic rings. The van der Waals surface area contributed by atoms with Crippen molar-refractivity contribution in [1.29, 1.82) is 0 Å². The van der Waals surface area contributed by atoms with E-state index in [1.807, 2.05) is 0 Å². The fourth-order valence-corrected chi connectivity index (χ4v) is 6.68. The molecule has 2 aliphatic rings. The largest absolute Gasteiger partial charge is 0.416 e. The van der Waals surface area contributed by atoms with Crippen molar-refractivity contribution in [3.05, 3.63) is 88.4 Å². The van der Waals surface area contributed by atoms with Crippen molar-refractivity contribution in [2.24, 2.45) is 0 Å². The summed E-state index contributed by atoms with van der Waals surface area (Å²) in [5.41, 5.74) is 1.40. The number of hydrogen-bond donors (Lipinski definition) is 2. The number of nitrogens with one attached hydrogen (secondary N) is 2. The molecule has 0 bridgehead atoms. The summed E-state index contributed by atoms with van der Waals surface area (Å²) in [5.74, 6) is -1.51. The Labute approximate surface area is 240 Å². The molecule has 41 heavy (non-hydrogen) atoms. The van der Waals surface area contributed by atoms with Crippen molar-refractivity contribution in [3.8, 4) is 0 Å². The molecule has 2 heterocycles. The molecule has 0 unspecified atom stereocenters. The minimum Gasteiger partial charge on any atom is -0.371 e. The van der Waals surface area contributed by atoms with E-state index in [4.69, 9.17) is 11.6 Å². The van der Waals surface area contributed by atoms with Gasteiger partial charge in [0, 0.05) is 42.5 Å². The maximum Gasteiger partial charge on any atom is 0.416 e. The van der Waals surface area contributed by atoms with E-state index in [-0.39, 0.29) is 11.7 Å². The first-order chi connectivity index (χ1) is 19.4. The van der Waals surface area contributed by atoms with Gasteiger partial charge in [0.1, 0.15) is 6.04 Å². The Morgan fingerprint density at radius 3 is 2.39 bits per heavy atom. The number of carbonyl (C=O) groups excluding carboxylic acids is 2. The van der Waals surface area contributed by atoms with Crippen LogP contribution in [0, 0.1) is 0 Å². The van der Waals surface area contributed by atoms with Gasteiger partial charge in [-0.25, -0.2) is 8.42 Å². The van der Waals surface area contributed by atoms with Crippen LogP contribution in [0.15, 0.2) is 66.7 Å². The number of fused-ring (bicyclic) bond motifs is 1. The molecule has 2 aliphatic heterocycles. The molecule has 5 rings (SSSR count). The van der Waals surface area contributed by atoms with Gasteiger partial charge in [-0.1, -0.05) is 29.8 Å². The molecule has 0 aliphatic carbocycles. The number of nitrogens with zero attached hydrogens (tertiary/aromatic N) is 2. The van der Waals surface area contributed by atoms with Gasteiger partial charge in [0.25, 0.3) is 5.91 Å². The second kappa shape index (κ2) is 11.2. The van der Waals surface area contributed by atoms with E-state index in [9.17, 15) is 31.2 Å². The molecule has 0 saturated carbocycles. The van der Waals surface area contributed by atoms with Crippen LogP contribution in [0.3, 0.4) is 0 Å². The van der Waals surface area contributed by atoms with Crippen molar-refractivity contribution in [1.82, 2.24) is 4.90 Å². The molecule has 0 radical (unpaired) electrons. The molecule has 2 amide bonds. The first kappa shape index (κ1) is 28.7. The fourth-order valence-electron chi connectivity index (χ4n) is 4.92. The Hall–Kier alpha value is -3.77. The van der Waals surface area contributed by atoms with E-state index in [1.54, 1.807) is 52.3 Å². The van der Waals surface area contributed by atoms with Crippen molar-refractivity contribution < 1.29 is 31.2 Å². The van der Waals surface area contributed by atoms with Crippen LogP contribution in [0.5, 0.6) is 0 Å². The lowest BCUT2D eigenvalue weighted by Crippen LogP contribution is -2.49. The highest BCUT2D eigenvalue weighted by atomic mass is 35.5. The zero-order valence-electron chi connectivity index (χ0n) is 21.6. The third-order valence-electron chi connectivity index (χ3n) is 6.97. The molecular weight excluding hydrogens is 581 g/mol. The van der Waals surface area contributed by atoms with E-state index in [1.165, 1.54) is 12.1 Å². The quantitative estimate of drug-likeness (QED) is 0.423. The predicted octanol–water partition coefficient (Wildman–Crippen LogP) is 4.67. The van der Waals surface area contributed by atoms with Crippen LogP contribution in [0.25, 0.3) is 0 Å². The van der Waals surface area contributed by atoms with E-state index < -0.39 is 39.3 Å². The van der Waals surface area contributed by atoms with E-state index in [0.29, 0.717) is 59.4 Å². The van der Waals surface area contributed by atoms with E-state index in [2.05, 4.69) is 10.6 Å². The number of carbonyl (C=O) groups is 2. The third-order valence-corrected chi connectivity index (χ3v) is 8.82. The summed E-state index contributed by atoms with van der Waals surface area (Å²) < 4.78 is 64.8. The summed E-state index contributed by atoms with van der Waals surface area (Å²) in [7, 11) is -3.66. The van der Waals surface area contributed by atoms with Gasteiger partial charge in [0.05, 0.1) is 28.4 Å².